The molecule has 5 heteroatoms. The summed E-state index contributed by atoms with van der Waals surface area (Å²) >= 11 is 0. The highest BCUT2D eigenvalue weighted by molar-refractivity contribution is 5.66. The molecule has 0 aromatic carbocycles. The van der Waals surface area contributed by atoms with Crippen LogP contribution in [0.25, 0.3) is 0 Å². The van der Waals surface area contributed by atoms with Gasteiger partial charge in [0.25, 0.3) is 0 Å². The molecule has 3 unspecified atom stereocenters. The molecule has 5 nitrogen and oxygen atoms in total. The summed E-state index contributed by atoms with van der Waals surface area (Å²) in [5.74, 6) is -0.292. The van der Waals surface area contributed by atoms with Crippen LogP contribution in [0.2, 0.25) is 0 Å². The minimum Gasteiger partial charge on any atom is -0.460 e. The van der Waals surface area contributed by atoms with Gasteiger partial charge in [0.15, 0.2) is 0 Å². The minimum absolute atomic E-state index is 0.217. The highest BCUT2D eigenvalue weighted by atomic mass is 16.6. The Morgan fingerprint density at radius 3 is 2.20 bits per heavy atom. The molecule has 0 saturated heterocycles. The van der Waals surface area contributed by atoms with Gasteiger partial charge < -0.3 is 20.1 Å². The average Bonchev–Trinajstić information content (AvgIpc) is 2.13. The summed E-state index contributed by atoms with van der Waals surface area (Å²) in [6.45, 7) is 4.51. The van der Waals surface area contributed by atoms with Gasteiger partial charge in [0.05, 0.1) is 6.61 Å². The summed E-state index contributed by atoms with van der Waals surface area (Å²) in [5.41, 5.74) is 0. The Hall–Kier alpha value is -0.650. The number of carbonyl (C=O) groups is 1. The van der Waals surface area contributed by atoms with E-state index in [9.17, 15) is 15.0 Å². The first-order valence-corrected chi connectivity index (χ1v) is 5.02. The molecule has 15 heavy (non-hydrogen) atoms. The lowest BCUT2D eigenvalue weighted by Crippen LogP contribution is -2.42. The zero-order chi connectivity index (χ0) is 12.0. The van der Waals surface area contributed by atoms with Crippen LogP contribution in [0, 0.1) is 5.92 Å². The summed E-state index contributed by atoms with van der Waals surface area (Å²) in [7, 11) is 0. The first-order chi connectivity index (χ1) is 6.88. The molecule has 0 rings (SSSR count). The Morgan fingerprint density at radius 1 is 1.33 bits per heavy atom. The maximum Gasteiger partial charge on any atom is 0.302 e. The fraction of sp³-hybridized carbons (Fsp3) is 0.900. The fourth-order valence-electron chi connectivity index (χ4n) is 1.29. The highest BCUT2D eigenvalue weighted by Gasteiger charge is 2.28. The summed E-state index contributed by atoms with van der Waals surface area (Å²) < 4.78 is 4.89. The molecule has 3 N–H and O–H groups in total. The Morgan fingerprint density at radius 2 is 1.87 bits per heavy atom. The maximum atomic E-state index is 10.8. The van der Waals surface area contributed by atoms with Crippen molar-refractivity contribution in [3.8, 4) is 0 Å². The van der Waals surface area contributed by atoms with Gasteiger partial charge in [-0.15, -0.1) is 0 Å². The van der Waals surface area contributed by atoms with Crippen molar-refractivity contribution in [2.24, 2.45) is 5.92 Å². The Labute approximate surface area is 89.7 Å². The van der Waals surface area contributed by atoms with Crippen molar-refractivity contribution in [1.29, 1.82) is 0 Å². The van der Waals surface area contributed by atoms with Crippen LogP contribution in [0.3, 0.4) is 0 Å². The molecule has 3 atom stereocenters. The number of hydrogen-bond acceptors (Lipinski definition) is 5. The average molecular weight is 220 g/mol. The van der Waals surface area contributed by atoms with E-state index in [1.54, 1.807) is 0 Å². The van der Waals surface area contributed by atoms with E-state index in [1.165, 1.54) is 6.92 Å². The van der Waals surface area contributed by atoms with E-state index in [-0.39, 0.29) is 5.92 Å². The molecule has 0 amide bonds. The molecule has 0 fully saturated rings. The Kier molecular flexibility index (Phi) is 6.47. The molecular weight excluding hydrogens is 200 g/mol. The molecule has 90 valence electrons. The van der Waals surface area contributed by atoms with Crippen molar-refractivity contribution in [3.05, 3.63) is 0 Å². The number of aliphatic hydroxyl groups is 3. The predicted octanol–water partition coefficient (Wildman–Crippen LogP) is -0.322. The topological polar surface area (TPSA) is 87.0 Å². The van der Waals surface area contributed by atoms with Crippen LogP contribution >= 0.6 is 0 Å². The molecule has 0 aromatic heterocycles. The van der Waals surface area contributed by atoms with E-state index in [2.05, 4.69) is 0 Å². The van der Waals surface area contributed by atoms with E-state index in [4.69, 9.17) is 9.84 Å². The van der Waals surface area contributed by atoms with E-state index in [0.717, 1.165) is 0 Å². The Bertz CT molecular complexity index is 192. The molecule has 0 spiro atoms. The zero-order valence-electron chi connectivity index (χ0n) is 9.38. The van der Waals surface area contributed by atoms with Gasteiger partial charge in [-0.2, -0.15) is 0 Å². The van der Waals surface area contributed by atoms with Crippen LogP contribution in [0.1, 0.15) is 27.2 Å². The van der Waals surface area contributed by atoms with Gasteiger partial charge in [0.1, 0.15) is 18.3 Å². The third-order valence-corrected chi connectivity index (χ3v) is 1.98. The fourth-order valence-corrected chi connectivity index (χ4v) is 1.29. The highest BCUT2D eigenvalue weighted by Crippen LogP contribution is 2.14. The van der Waals surface area contributed by atoms with Crippen molar-refractivity contribution in [3.63, 3.8) is 0 Å². The first-order valence-electron chi connectivity index (χ1n) is 5.02. The first kappa shape index (κ1) is 14.3. The molecule has 0 aliphatic carbocycles. The van der Waals surface area contributed by atoms with Crippen LogP contribution in [-0.4, -0.2) is 46.2 Å². The van der Waals surface area contributed by atoms with Crippen LogP contribution in [0.4, 0.5) is 0 Å². The number of esters is 1. The lowest BCUT2D eigenvalue weighted by molar-refractivity contribution is -0.160. The van der Waals surface area contributed by atoms with Crippen LogP contribution in [0.5, 0.6) is 0 Å². The van der Waals surface area contributed by atoms with E-state index < -0.39 is 30.9 Å². The predicted molar refractivity (Wildman–Crippen MR) is 54.1 cm³/mol. The van der Waals surface area contributed by atoms with Gasteiger partial charge in [-0.05, 0) is 12.3 Å². The van der Waals surface area contributed by atoms with Gasteiger partial charge >= 0.3 is 5.97 Å². The van der Waals surface area contributed by atoms with Gasteiger partial charge in [0, 0.05) is 6.92 Å². The van der Waals surface area contributed by atoms with Gasteiger partial charge in [-0.25, -0.2) is 0 Å². The van der Waals surface area contributed by atoms with Crippen LogP contribution in [0.15, 0.2) is 0 Å². The third-order valence-electron chi connectivity index (χ3n) is 1.98. The molecule has 0 bridgehead atoms. The smallest absolute Gasteiger partial charge is 0.302 e. The largest absolute Gasteiger partial charge is 0.460 e. The van der Waals surface area contributed by atoms with E-state index in [1.807, 2.05) is 13.8 Å². The van der Waals surface area contributed by atoms with Crippen molar-refractivity contribution in [2.75, 3.05) is 6.61 Å². The minimum atomic E-state index is -1.28. The van der Waals surface area contributed by atoms with Gasteiger partial charge in [-0.3, -0.25) is 4.79 Å². The summed E-state index contributed by atoms with van der Waals surface area (Å²) in [6, 6.07) is 0. The number of carbonyl (C=O) groups excluding carboxylic acids is 1. The molecule has 0 aliphatic heterocycles. The van der Waals surface area contributed by atoms with E-state index >= 15 is 0 Å². The SMILES string of the molecule is CC(=O)OC(CC(C)C)C(O)C(O)CO. The molecule has 0 saturated carbocycles. The van der Waals surface area contributed by atoms with Crippen LogP contribution < -0.4 is 0 Å². The third kappa shape index (κ3) is 5.71. The summed E-state index contributed by atoms with van der Waals surface area (Å²) in [4.78, 5) is 10.8. The maximum absolute atomic E-state index is 10.8. The standard InChI is InChI=1S/C10H20O5/c1-6(2)4-9(15-7(3)12)10(14)8(13)5-11/h6,8-11,13-14H,4-5H2,1-3H3. The molecule has 0 aliphatic rings. The number of aliphatic hydroxyl groups excluding tert-OH is 3. The van der Waals surface area contributed by atoms with Crippen molar-refractivity contribution < 1.29 is 24.9 Å². The molecule has 0 heterocycles. The second kappa shape index (κ2) is 6.76. The summed E-state index contributed by atoms with van der Waals surface area (Å²) in [6.07, 6.45) is -2.86. The second-order valence-corrected chi connectivity index (χ2v) is 4.02. The lowest BCUT2D eigenvalue weighted by Gasteiger charge is -2.26. The molecule has 0 aromatic rings. The Balaban J connectivity index is 4.39. The van der Waals surface area contributed by atoms with Crippen molar-refractivity contribution in [1.82, 2.24) is 0 Å². The monoisotopic (exact) mass is 220 g/mol. The van der Waals surface area contributed by atoms with Gasteiger partial charge in [-0.1, -0.05) is 13.8 Å². The number of rotatable bonds is 6. The second-order valence-electron chi connectivity index (χ2n) is 4.02. The lowest BCUT2D eigenvalue weighted by atomic mass is 9.98. The van der Waals surface area contributed by atoms with Crippen molar-refractivity contribution in [2.45, 2.75) is 45.5 Å². The molecule has 0 radical (unpaired) electrons. The summed E-state index contributed by atoms with van der Waals surface area (Å²) in [5, 5.41) is 27.5. The van der Waals surface area contributed by atoms with Crippen molar-refractivity contribution >= 4 is 5.97 Å². The number of ether oxygens (including phenoxy) is 1. The number of hydrogen-bond donors (Lipinski definition) is 3. The van der Waals surface area contributed by atoms with E-state index in [0.29, 0.717) is 6.42 Å². The van der Waals surface area contributed by atoms with Gasteiger partial charge in [0.2, 0.25) is 0 Å². The van der Waals surface area contributed by atoms with Crippen LogP contribution in [-0.2, 0) is 9.53 Å². The molecular formula is C10H20O5. The zero-order valence-corrected chi connectivity index (χ0v) is 9.38. The quantitative estimate of drug-likeness (QED) is 0.534. The normalized spacial score (nSPS) is 17.3.